The van der Waals surface area contributed by atoms with Gasteiger partial charge in [-0.3, -0.25) is 15.0 Å². The molecule has 7 heteroatoms. The number of rotatable bonds is 0. The summed E-state index contributed by atoms with van der Waals surface area (Å²) < 4.78 is 0. The Balaban J connectivity index is 2.27. The van der Waals surface area contributed by atoms with Gasteiger partial charge in [0.15, 0.2) is 0 Å². The van der Waals surface area contributed by atoms with E-state index >= 15 is 0 Å². The number of imide groups is 1. The Kier molecular flexibility index (Phi) is 1.89. The van der Waals surface area contributed by atoms with Gasteiger partial charge < -0.3 is 10.6 Å². The summed E-state index contributed by atoms with van der Waals surface area (Å²) in [5, 5.41) is 7.33. The van der Waals surface area contributed by atoms with Crippen molar-refractivity contribution in [3.05, 3.63) is 29.8 Å². The zero-order valence-electron chi connectivity index (χ0n) is 9.48. The van der Waals surface area contributed by atoms with Gasteiger partial charge in [0.25, 0.3) is 5.91 Å². The predicted molar refractivity (Wildman–Crippen MR) is 61.6 cm³/mol. The van der Waals surface area contributed by atoms with Crippen LogP contribution in [0.4, 0.5) is 15.3 Å². The number of amides is 5. The SMILES string of the molecule is CN1C(=O)Nc2ccccc2[C@@]12NC(=O)NC2=O. The fourth-order valence-corrected chi connectivity index (χ4v) is 2.31. The van der Waals surface area contributed by atoms with Gasteiger partial charge in [-0.1, -0.05) is 18.2 Å². The molecule has 1 spiro atoms. The number of carbonyl (C=O) groups is 3. The van der Waals surface area contributed by atoms with Crippen molar-refractivity contribution >= 4 is 23.7 Å². The molecule has 2 heterocycles. The number of likely N-dealkylation sites (N-methyl/N-ethyl adjacent to an activating group) is 1. The molecule has 0 unspecified atom stereocenters. The van der Waals surface area contributed by atoms with E-state index in [-0.39, 0.29) is 0 Å². The summed E-state index contributed by atoms with van der Waals surface area (Å²) in [6.45, 7) is 0. The molecule has 1 fully saturated rings. The summed E-state index contributed by atoms with van der Waals surface area (Å²) in [6, 6.07) is 5.79. The second-order valence-electron chi connectivity index (χ2n) is 4.15. The van der Waals surface area contributed by atoms with Crippen LogP contribution in [0.3, 0.4) is 0 Å². The number of benzene rings is 1. The summed E-state index contributed by atoms with van der Waals surface area (Å²) in [4.78, 5) is 36.5. The minimum Gasteiger partial charge on any atom is -0.307 e. The molecule has 18 heavy (non-hydrogen) atoms. The van der Waals surface area contributed by atoms with Gasteiger partial charge in [0.05, 0.1) is 5.69 Å². The Hall–Kier alpha value is -2.57. The lowest BCUT2D eigenvalue weighted by atomic mass is 9.94. The maximum atomic E-state index is 12.1. The van der Waals surface area contributed by atoms with Crippen LogP contribution in [0.5, 0.6) is 0 Å². The maximum Gasteiger partial charge on any atom is 0.324 e. The molecule has 3 rings (SSSR count). The molecule has 0 aromatic heterocycles. The number of nitrogens with one attached hydrogen (secondary N) is 3. The third kappa shape index (κ3) is 1.10. The average Bonchev–Trinajstić information content (AvgIpc) is 2.63. The topological polar surface area (TPSA) is 90.5 Å². The van der Waals surface area contributed by atoms with Gasteiger partial charge in [-0.05, 0) is 6.07 Å². The van der Waals surface area contributed by atoms with Crippen LogP contribution in [0.15, 0.2) is 24.3 Å². The highest BCUT2D eigenvalue weighted by Gasteiger charge is 2.56. The first-order valence-corrected chi connectivity index (χ1v) is 5.33. The van der Waals surface area contributed by atoms with Crippen LogP contribution in [0.1, 0.15) is 5.56 Å². The number of anilines is 1. The van der Waals surface area contributed by atoms with E-state index in [0.717, 1.165) is 0 Å². The molecule has 1 atom stereocenters. The minimum absolute atomic E-state index is 0.453. The van der Waals surface area contributed by atoms with Gasteiger partial charge in [-0.15, -0.1) is 0 Å². The molecule has 1 aromatic carbocycles. The lowest BCUT2D eigenvalue weighted by molar-refractivity contribution is -0.129. The van der Waals surface area contributed by atoms with E-state index in [1.54, 1.807) is 24.3 Å². The Morgan fingerprint density at radius 1 is 1.11 bits per heavy atom. The average molecular weight is 246 g/mol. The molecule has 0 radical (unpaired) electrons. The minimum atomic E-state index is -1.46. The second-order valence-corrected chi connectivity index (χ2v) is 4.15. The maximum absolute atomic E-state index is 12.1. The zero-order valence-corrected chi connectivity index (χ0v) is 9.48. The monoisotopic (exact) mass is 246 g/mol. The fraction of sp³-hybridized carbons (Fsp3) is 0.182. The smallest absolute Gasteiger partial charge is 0.307 e. The Labute approximate surface area is 102 Å². The molecule has 0 saturated carbocycles. The molecule has 2 aliphatic heterocycles. The van der Waals surface area contributed by atoms with Crippen LogP contribution in [-0.2, 0) is 10.5 Å². The second kappa shape index (κ2) is 3.22. The highest BCUT2D eigenvalue weighted by Crippen LogP contribution is 2.37. The van der Waals surface area contributed by atoms with Crippen LogP contribution in [0.2, 0.25) is 0 Å². The standard InChI is InChI=1S/C11H10N4O3/c1-15-10(18)12-7-5-3-2-4-6(7)11(15)8(16)13-9(17)14-11/h2-5H,1H3,(H,12,18)(H2,13,14,16,17)/t11-/m1/s1. The zero-order chi connectivity index (χ0) is 12.9. The molecule has 7 nitrogen and oxygen atoms in total. The van der Waals surface area contributed by atoms with Crippen molar-refractivity contribution in [1.82, 2.24) is 15.5 Å². The van der Waals surface area contributed by atoms with E-state index in [0.29, 0.717) is 11.3 Å². The largest absolute Gasteiger partial charge is 0.324 e. The first kappa shape index (κ1) is 10.6. The third-order valence-electron chi connectivity index (χ3n) is 3.22. The van der Waals surface area contributed by atoms with Crippen LogP contribution in [0.25, 0.3) is 0 Å². The van der Waals surface area contributed by atoms with E-state index in [2.05, 4.69) is 16.0 Å². The van der Waals surface area contributed by atoms with E-state index in [9.17, 15) is 14.4 Å². The normalized spacial score (nSPS) is 25.6. The highest BCUT2D eigenvalue weighted by atomic mass is 16.2. The van der Waals surface area contributed by atoms with Gasteiger partial charge in [-0.2, -0.15) is 0 Å². The van der Waals surface area contributed by atoms with Crippen LogP contribution in [0, 0.1) is 0 Å². The van der Waals surface area contributed by atoms with Crippen molar-refractivity contribution < 1.29 is 14.4 Å². The number of hydrogen-bond acceptors (Lipinski definition) is 3. The number of para-hydroxylation sites is 1. The number of carbonyl (C=O) groups excluding carboxylic acids is 3. The van der Waals surface area contributed by atoms with Crippen molar-refractivity contribution in [2.75, 3.05) is 12.4 Å². The van der Waals surface area contributed by atoms with Gasteiger partial charge >= 0.3 is 12.1 Å². The first-order chi connectivity index (χ1) is 8.55. The lowest BCUT2D eigenvalue weighted by Crippen LogP contribution is -2.62. The van der Waals surface area contributed by atoms with Crippen LogP contribution < -0.4 is 16.0 Å². The summed E-state index contributed by atoms with van der Waals surface area (Å²) >= 11 is 0. The molecule has 0 aliphatic carbocycles. The number of hydrogen-bond donors (Lipinski definition) is 3. The predicted octanol–water partition coefficient (Wildman–Crippen LogP) is 0.156. The van der Waals surface area contributed by atoms with Crippen molar-refractivity contribution in [1.29, 1.82) is 0 Å². The quantitative estimate of drug-likeness (QED) is 0.569. The van der Waals surface area contributed by atoms with Crippen LogP contribution in [-0.4, -0.2) is 29.9 Å². The third-order valence-corrected chi connectivity index (χ3v) is 3.22. The summed E-state index contributed by atoms with van der Waals surface area (Å²) in [6.07, 6.45) is 0. The van der Waals surface area contributed by atoms with Crippen molar-refractivity contribution in [2.45, 2.75) is 5.66 Å². The molecule has 92 valence electrons. The Morgan fingerprint density at radius 3 is 2.50 bits per heavy atom. The number of fused-ring (bicyclic) bond motifs is 2. The van der Waals surface area contributed by atoms with E-state index in [1.165, 1.54) is 11.9 Å². The molecule has 1 saturated heterocycles. The molecule has 2 aliphatic rings. The van der Waals surface area contributed by atoms with Crippen LogP contribution >= 0.6 is 0 Å². The number of urea groups is 2. The van der Waals surface area contributed by atoms with Crippen molar-refractivity contribution in [3.8, 4) is 0 Å². The van der Waals surface area contributed by atoms with Gasteiger partial charge in [0.1, 0.15) is 0 Å². The fourth-order valence-electron chi connectivity index (χ4n) is 2.31. The number of nitrogens with zero attached hydrogens (tertiary/aromatic N) is 1. The Bertz CT molecular complexity index is 585. The summed E-state index contributed by atoms with van der Waals surface area (Å²) in [5.74, 6) is -0.558. The highest BCUT2D eigenvalue weighted by molar-refractivity contribution is 6.11. The van der Waals surface area contributed by atoms with E-state index in [4.69, 9.17) is 0 Å². The molecule has 3 N–H and O–H groups in total. The molecule has 1 aromatic rings. The van der Waals surface area contributed by atoms with Gasteiger partial charge in [0.2, 0.25) is 5.66 Å². The molecular weight excluding hydrogens is 236 g/mol. The molecular formula is C11H10N4O3. The molecule has 5 amide bonds. The van der Waals surface area contributed by atoms with E-state index < -0.39 is 23.6 Å². The van der Waals surface area contributed by atoms with Gasteiger partial charge in [0, 0.05) is 12.6 Å². The van der Waals surface area contributed by atoms with Gasteiger partial charge in [-0.25, -0.2) is 9.59 Å². The van der Waals surface area contributed by atoms with E-state index in [1.807, 2.05) is 0 Å². The Morgan fingerprint density at radius 2 is 1.83 bits per heavy atom. The molecule has 0 bridgehead atoms. The summed E-state index contributed by atoms with van der Waals surface area (Å²) in [7, 11) is 1.45. The summed E-state index contributed by atoms with van der Waals surface area (Å²) in [5.41, 5.74) is -0.413. The van der Waals surface area contributed by atoms with Crippen molar-refractivity contribution in [3.63, 3.8) is 0 Å². The first-order valence-electron chi connectivity index (χ1n) is 5.33. The van der Waals surface area contributed by atoms with Crippen molar-refractivity contribution in [2.24, 2.45) is 0 Å². The lowest BCUT2D eigenvalue weighted by Gasteiger charge is -2.40.